The smallest absolute Gasteiger partial charge is 0.497 e. The molecule has 1 aliphatic heterocycles. The summed E-state index contributed by atoms with van der Waals surface area (Å²) in [5.41, 5.74) is 11.2. The number of rotatable bonds is 6. The number of methoxy groups -OCH3 is 1. The molecule has 1 amide bonds. The van der Waals surface area contributed by atoms with Gasteiger partial charge in [0, 0.05) is 12.2 Å². The van der Waals surface area contributed by atoms with Crippen LogP contribution in [0.3, 0.4) is 0 Å². The minimum atomic E-state index is -0.735. The summed E-state index contributed by atoms with van der Waals surface area (Å²) >= 11 is 0. The predicted octanol–water partition coefficient (Wildman–Crippen LogP) is 3.70. The fourth-order valence-electron chi connectivity index (χ4n) is 4.01. The Morgan fingerprint density at radius 2 is 1.84 bits per heavy atom. The summed E-state index contributed by atoms with van der Waals surface area (Å²) in [5.74, 6) is 1.10. The fourth-order valence-corrected chi connectivity index (χ4v) is 4.01. The molecule has 1 atom stereocenters. The van der Waals surface area contributed by atoms with Crippen LogP contribution in [-0.2, 0) is 22.4 Å². The largest absolute Gasteiger partial charge is 0.513 e. The Hall–Kier alpha value is -3.06. The maximum atomic E-state index is 13.2. The number of aryl methyl sites for hydroxylation is 3. The summed E-state index contributed by atoms with van der Waals surface area (Å²) in [7, 11) is 1.64. The second kappa shape index (κ2) is 9.83. The van der Waals surface area contributed by atoms with Gasteiger partial charge in [-0.25, -0.2) is 4.79 Å². The number of hydrogen-bond acceptors (Lipinski definition) is 6. The lowest BCUT2D eigenvalue weighted by atomic mass is 9.94. The molecule has 0 fully saturated rings. The van der Waals surface area contributed by atoms with Gasteiger partial charge in [0.05, 0.1) is 19.8 Å². The number of anilines is 1. The molecule has 2 aromatic carbocycles. The van der Waals surface area contributed by atoms with Crippen molar-refractivity contribution in [3.63, 3.8) is 0 Å². The molecule has 3 rings (SSSR count). The predicted molar refractivity (Wildman–Crippen MR) is 119 cm³/mol. The third kappa shape index (κ3) is 5.17. The molecule has 1 aliphatic rings. The van der Waals surface area contributed by atoms with Crippen LogP contribution in [0, 0.1) is 13.8 Å². The van der Waals surface area contributed by atoms with Gasteiger partial charge in [-0.05, 0) is 92.6 Å². The number of carbonyl (C=O) groups is 2. The zero-order valence-corrected chi connectivity index (χ0v) is 18.6. The van der Waals surface area contributed by atoms with Gasteiger partial charge in [-0.2, -0.15) is 0 Å². The van der Waals surface area contributed by atoms with E-state index in [0.717, 1.165) is 46.5 Å². The first-order chi connectivity index (χ1) is 14.8. The number of ether oxygens (including phenoxy) is 3. The Balaban J connectivity index is 1.75. The number of nitrogens with two attached hydrogens (primary N) is 1. The molecule has 7 heteroatoms. The maximum Gasteiger partial charge on any atom is 0.513 e. The third-order valence-corrected chi connectivity index (χ3v) is 5.55. The topological polar surface area (TPSA) is 91.1 Å². The van der Waals surface area contributed by atoms with Gasteiger partial charge >= 0.3 is 6.16 Å². The highest BCUT2D eigenvalue weighted by atomic mass is 16.7. The first kappa shape index (κ1) is 22.6. The number of nitrogens with zero attached hydrogens (tertiary/aromatic N) is 1. The Morgan fingerprint density at radius 1 is 1.13 bits per heavy atom. The van der Waals surface area contributed by atoms with E-state index in [0.29, 0.717) is 18.7 Å². The van der Waals surface area contributed by atoms with E-state index >= 15 is 0 Å². The molecule has 0 saturated carbocycles. The molecule has 0 spiro atoms. The molecule has 7 nitrogen and oxygen atoms in total. The van der Waals surface area contributed by atoms with Gasteiger partial charge in [-0.1, -0.05) is 0 Å². The van der Waals surface area contributed by atoms with Crippen LogP contribution < -0.4 is 20.1 Å². The van der Waals surface area contributed by atoms with Crippen molar-refractivity contribution in [1.29, 1.82) is 0 Å². The first-order valence-electron chi connectivity index (χ1n) is 10.5. The average molecular weight is 427 g/mol. The minimum Gasteiger partial charge on any atom is -0.497 e. The minimum absolute atomic E-state index is 0.100. The summed E-state index contributed by atoms with van der Waals surface area (Å²) in [6.45, 7) is 6.45. The molecule has 2 N–H and O–H groups in total. The lowest BCUT2D eigenvalue weighted by Crippen LogP contribution is -2.47. The lowest BCUT2D eigenvalue weighted by Gasteiger charge is -2.32. The quantitative estimate of drug-likeness (QED) is 0.559. The highest BCUT2D eigenvalue weighted by Crippen LogP contribution is 2.31. The zero-order valence-electron chi connectivity index (χ0n) is 18.6. The van der Waals surface area contributed by atoms with Crippen LogP contribution in [-0.4, -0.2) is 38.4 Å². The van der Waals surface area contributed by atoms with Crippen molar-refractivity contribution in [2.75, 3.05) is 25.2 Å². The second-order valence-corrected chi connectivity index (χ2v) is 7.72. The van der Waals surface area contributed by atoms with Crippen molar-refractivity contribution in [2.24, 2.45) is 5.73 Å². The van der Waals surface area contributed by atoms with E-state index in [1.54, 1.807) is 31.1 Å². The van der Waals surface area contributed by atoms with Crippen LogP contribution in [0.4, 0.5) is 10.5 Å². The summed E-state index contributed by atoms with van der Waals surface area (Å²) in [5, 5.41) is 0. The SMILES string of the molecule is CCOC(=O)Oc1cc(C)c(CC(N)C(=O)N2CCCc3cc(OC)ccc32)c(C)c1. The zero-order chi connectivity index (χ0) is 22.5. The van der Waals surface area contributed by atoms with E-state index in [9.17, 15) is 9.59 Å². The first-order valence-corrected chi connectivity index (χ1v) is 10.5. The van der Waals surface area contributed by atoms with Crippen LogP contribution in [0.25, 0.3) is 0 Å². The van der Waals surface area contributed by atoms with Crippen LogP contribution in [0.1, 0.15) is 35.6 Å². The molecule has 31 heavy (non-hydrogen) atoms. The fraction of sp³-hybridized carbons (Fsp3) is 0.417. The molecular weight excluding hydrogens is 396 g/mol. The third-order valence-electron chi connectivity index (χ3n) is 5.55. The van der Waals surface area contributed by atoms with Crippen molar-refractivity contribution in [3.8, 4) is 11.5 Å². The lowest BCUT2D eigenvalue weighted by molar-refractivity contribution is -0.119. The molecule has 0 radical (unpaired) electrons. The van der Waals surface area contributed by atoms with E-state index < -0.39 is 12.2 Å². The van der Waals surface area contributed by atoms with Gasteiger partial charge in [0.15, 0.2) is 0 Å². The Labute approximate surface area is 183 Å². The molecule has 0 bridgehead atoms. The van der Waals surface area contributed by atoms with Crippen molar-refractivity contribution in [1.82, 2.24) is 0 Å². The van der Waals surface area contributed by atoms with Crippen LogP contribution >= 0.6 is 0 Å². The number of hydrogen-bond donors (Lipinski definition) is 1. The van der Waals surface area contributed by atoms with Crippen LogP contribution in [0.5, 0.6) is 11.5 Å². The van der Waals surface area contributed by atoms with E-state index in [1.165, 1.54) is 0 Å². The van der Waals surface area contributed by atoms with E-state index in [-0.39, 0.29) is 12.5 Å². The van der Waals surface area contributed by atoms with Gasteiger partial charge < -0.3 is 24.8 Å². The summed E-state index contributed by atoms with van der Waals surface area (Å²) < 4.78 is 15.3. The highest BCUT2D eigenvalue weighted by molar-refractivity contribution is 5.98. The van der Waals surface area contributed by atoms with E-state index in [4.69, 9.17) is 19.9 Å². The van der Waals surface area contributed by atoms with Gasteiger partial charge in [-0.15, -0.1) is 0 Å². The van der Waals surface area contributed by atoms with Gasteiger partial charge in [0.25, 0.3) is 0 Å². The van der Waals surface area contributed by atoms with Gasteiger partial charge in [0.2, 0.25) is 5.91 Å². The molecular formula is C24H30N2O5. The van der Waals surface area contributed by atoms with Crippen molar-refractivity contribution in [2.45, 2.75) is 46.1 Å². The molecule has 1 heterocycles. The Bertz CT molecular complexity index is 949. The molecule has 1 unspecified atom stereocenters. The summed E-state index contributed by atoms with van der Waals surface area (Å²) in [6.07, 6.45) is 1.46. The Kier molecular flexibility index (Phi) is 7.17. The molecule has 0 aliphatic carbocycles. The number of carbonyl (C=O) groups excluding carboxylic acids is 2. The summed E-state index contributed by atoms with van der Waals surface area (Å²) in [4.78, 5) is 26.6. The highest BCUT2D eigenvalue weighted by Gasteiger charge is 2.28. The molecule has 2 aromatic rings. The van der Waals surface area contributed by atoms with Crippen LogP contribution in [0.15, 0.2) is 30.3 Å². The number of amides is 1. The Morgan fingerprint density at radius 3 is 2.48 bits per heavy atom. The normalized spacial score (nSPS) is 13.9. The van der Waals surface area contributed by atoms with Crippen molar-refractivity contribution >= 4 is 17.7 Å². The van der Waals surface area contributed by atoms with Crippen LogP contribution in [0.2, 0.25) is 0 Å². The molecule has 0 saturated heterocycles. The van der Waals surface area contributed by atoms with E-state index in [1.807, 2.05) is 32.0 Å². The summed E-state index contributed by atoms with van der Waals surface area (Å²) in [6, 6.07) is 8.62. The van der Waals surface area contributed by atoms with Crippen molar-refractivity contribution in [3.05, 3.63) is 52.6 Å². The van der Waals surface area contributed by atoms with Gasteiger partial charge in [0.1, 0.15) is 11.5 Å². The maximum absolute atomic E-state index is 13.2. The molecule has 166 valence electrons. The van der Waals surface area contributed by atoms with E-state index in [2.05, 4.69) is 0 Å². The second-order valence-electron chi connectivity index (χ2n) is 7.72. The number of benzene rings is 2. The molecule has 0 aromatic heterocycles. The average Bonchev–Trinajstić information content (AvgIpc) is 2.74. The number of fused-ring (bicyclic) bond motifs is 1. The standard InChI is InChI=1S/C24H30N2O5/c1-5-30-24(28)31-19-11-15(2)20(16(3)12-19)14-21(25)23(27)26-10-6-7-17-13-18(29-4)8-9-22(17)26/h8-9,11-13,21H,5-7,10,14,25H2,1-4H3. The van der Waals surface area contributed by atoms with Crippen molar-refractivity contribution < 1.29 is 23.8 Å². The monoisotopic (exact) mass is 426 g/mol. The van der Waals surface area contributed by atoms with Gasteiger partial charge in [-0.3, -0.25) is 4.79 Å².